The lowest BCUT2D eigenvalue weighted by atomic mass is 10.0. The van der Waals surface area contributed by atoms with Gasteiger partial charge in [0.25, 0.3) is 0 Å². The quantitative estimate of drug-likeness (QED) is 0.773. The summed E-state index contributed by atoms with van der Waals surface area (Å²) in [6, 6.07) is 7.42. The van der Waals surface area contributed by atoms with Crippen LogP contribution in [0.1, 0.15) is 52.7 Å². The van der Waals surface area contributed by atoms with Gasteiger partial charge in [-0.15, -0.1) is 11.3 Å². The van der Waals surface area contributed by atoms with Gasteiger partial charge >= 0.3 is 6.09 Å². The van der Waals surface area contributed by atoms with Gasteiger partial charge in [-0.2, -0.15) is 0 Å². The molecule has 1 aromatic heterocycles. The molecule has 1 heterocycles. The fourth-order valence-corrected chi connectivity index (χ4v) is 3.28. The highest BCUT2D eigenvalue weighted by Crippen LogP contribution is 2.34. The molecule has 5 heteroatoms. The number of benzene rings is 1. The summed E-state index contributed by atoms with van der Waals surface area (Å²) in [7, 11) is 0. The fourth-order valence-electron chi connectivity index (χ4n) is 2.23. The van der Waals surface area contributed by atoms with Crippen LogP contribution in [0.2, 0.25) is 0 Å². The number of carbonyl (C=O) groups is 2. The molecule has 0 saturated carbocycles. The summed E-state index contributed by atoms with van der Waals surface area (Å²) in [5.41, 5.74) is 2.53. The van der Waals surface area contributed by atoms with Gasteiger partial charge < -0.3 is 4.74 Å². The molecule has 0 aliphatic carbocycles. The van der Waals surface area contributed by atoms with Crippen molar-refractivity contribution in [3.63, 3.8) is 0 Å². The SMILES string of the molecule is Cc1ccc(C(=O)c2c(NC(=O)OC(C)(C)C)sc(C)c2C)cc1. The van der Waals surface area contributed by atoms with Crippen LogP contribution in [-0.4, -0.2) is 17.5 Å². The maximum atomic E-state index is 12.9. The standard InChI is InChI=1S/C19H23NO3S/c1-11-7-9-14(10-8-11)16(21)15-12(2)13(3)24-17(15)20-18(22)23-19(4,5)6/h7-10H,1-6H3,(H,20,22). The second-order valence-electron chi connectivity index (χ2n) is 6.81. The zero-order valence-corrected chi connectivity index (χ0v) is 15.8. The lowest BCUT2D eigenvalue weighted by Gasteiger charge is -2.19. The highest BCUT2D eigenvalue weighted by Gasteiger charge is 2.24. The summed E-state index contributed by atoms with van der Waals surface area (Å²) < 4.78 is 5.29. The third-order valence-corrected chi connectivity index (χ3v) is 4.66. The largest absolute Gasteiger partial charge is 0.444 e. The highest BCUT2D eigenvalue weighted by atomic mass is 32.1. The van der Waals surface area contributed by atoms with Crippen LogP contribution in [0.3, 0.4) is 0 Å². The Bertz CT molecular complexity index is 767. The summed E-state index contributed by atoms with van der Waals surface area (Å²) in [6.45, 7) is 11.2. The molecule has 0 bridgehead atoms. The molecule has 128 valence electrons. The van der Waals surface area contributed by atoms with Crippen molar-refractivity contribution >= 4 is 28.2 Å². The van der Waals surface area contributed by atoms with Gasteiger partial charge in [-0.25, -0.2) is 4.79 Å². The average molecular weight is 345 g/mol. The maximum absolute atomic E-state index is 12.9. The normalized spacial score (nSPS) is 11.2. The molecule has 2 rings (SSSR count). The molecule has 1 aromatic carbocycles. The second kappa shape index (κ2) is 6.77. The summed E-state index contributed by atoms with van der Waals surface area (Å²) in [4.78, 5) is 26.0. The van der Waals surface area contributed by atoms with E-state index in [1.807, 2.05) is 32.9 Å². The van der Waals surface area contributed by atoms with Crippen molar-refractivity contribution < 1.29 is 14.3 Å². The van der Waals surface area contributed by atoms with E-state index >= 15 is 0 Å². The Labute approximate surface area is 146 Å². The molecule has 0 fully saturated rings. The van der Waals surface area contributed by atoms with Crippen LogP contribution in [0.25, 0.3) is 0 Å². The second-order valence-corrected chi connectivity index (χ2v) is 8.03. The molecule has 0 atom stereocenters. The number of anilines is 1. The van der Waals surface area contributed by atoms with E-state index in [-0.39, 0.29) is 5.78 Å². The van der Waals surface area contributed by atoms with Crippen molar-refractivity contribution in [1.82, 2.24) is 0 Å². The van der Waals surface area contributed by atoms with Crippen LogP contribution in [0, 0.1) is 20.8 Å². The van der Waals surface area contributed by atoms with Crippen LogP contribution >= 0.6 is 11.3 Å². The topological polar surface area (TPSA) is 55.4 Å². The van der Waals surface area contributed by atoms with Gasteiger partial charge in [0.2, 0.25) is 0 Å². The minimum atomic E-state index is -0.591. The maximum Gasteiger partial charge on any atom is 0.412 e. The van der Waals surface area contributed by atoms with Crippen molar-refractivity contribution in [3.05, 3.63) is 51.4 Å². The van der Waals surface area contributed by atoms with Crippen molar-refractivity contribution in [2.75, 3.05) is 5.32 Å². The Kier molecular flexibility index (Phi) is 5.13. The number of nitrogens with one attached hydrogen (secondary N) is 1. The molecule has 4 nitrogen and oxygen atoms in total. The summed E-state index contributed by atoms with van der Waals surface area (Å²) in [5.74, 6) is -0.0945. The van der Waals surface area contributed by atoms with Gasteiger partial charge in [0.15, 0.2) is 5.78 Å². The van der Waals surface area contributed by atoms with E-state index in [0.717, 1.165) is 16.0 Å². The summed E-state index contributed by atoms with van der Waals surface area (Å²) in [6.07, 6.45) is -0.554. The van der Waals surface area contributed by atoms with E-state index < -0.39 is 11.7 Å². The van der Waals surface area contributed by atoms with E-state index in [9.17, 15) is 9.59 Å². The van der Waals surface area contributed by atoms with Gasteiger partial charge in [-0.3, -0.25) is 10.1 Å². The molecule has 0 saturated heterocycles. The molecule has 0 spiro atoms. The first-order chi connectivity index (χ1) is 11.1. The Balaban J connectivity index is 2.34. The van der Waals surface area contributed by atoms with Gasteiger partial charge in [0.1, 0.15) is 10.6 Å². The van der Waals surface area contributed by atoms with Gasteiger partial charge in [-0.1, -0.05) is 29.8 Å². The number of hydrogen-bond donors (Lipinski definition) is 1. The third-order valence-electron chi connectivity index (χ3n) is 3.54. The van der Waals surface area contributed by atoms with Crippen LogP contribution in [0.15, 0.2) is 24.3 Å². The molecular formula is C19H23NO3S. The van der Waals surface area contributed by atoms with Crippen LogP contribution in [0.4, 0.5) is 9.80 Å². The number of thiophene rings is 1. The fraction of sp³-hybridized carbons (Fsp3) is 0.368. The summed E-state index contributed by atoms with van der Waals surface area (Å²) >= 11 is 1.39. The van der Waals surface area contributed by atoms with E-state index in [1.54, 1.807) is 32.9 Å². The first kappa shape index (κ1) is 18.2. The van der Waals surface area contributed by atoms with Crippen LogP contribution in [-0.2, 0) is 4.74 Å². The van der Waals surface area contributed by atoms with Crippen molar-refractivity contribution in [2.24, 2.45) is 0 Å². The monoisotopic (exact) mass is 345 g/mol. The zero-order valence-electron chi connectivity index (χ0n) is 14.9. The molecular weight excluding hydrogens is 322 g/mol. The minimum Gasteiger partial charge on any atom is -0.444 e. The molecule has 0 aliphatic heterocycles. The van der Waals surface area contributed by atoms with Crippen molar-refractivity contribution in [1.29, 1.82) is 0 Å². The first-order valence-corrected chi connectivity index (χ1v) is 8.61. The third kappa shape index (κ3) is 4.23. The van der Waals surface area contributed by atoms with Crippen molar-refractivity contribution in [3.8, 4) is 0 Å². The molecule has 0 radical (unpaired) electrons. The number of rotatable bonds is 3. The molecule has 2 aromatic rings. The molecule has 0 unspecified atom stereocenters. The van der Waals surface area contributed by atoms with E-state index in [0.29, 0.717) is 16.1 Å². The van der Waals surface area contributed by atoms with Gasteiger partial charge in [-0.05, 0) is 47.1 Å². The number of hydrogen-bond acceptors (Lipinski definition) is 4. The van der Waals surface area contributed by atoms with Crippen LogP contribution in [0.5, 0.6) is 0 Å². The Morgan fingerprint density at radius 3 is 2.17 bits per heavy atom. The minimum absolute atomic E-state index is 0.0945. The lowest BCUT2D eigenvalue weighted by Crippen LogP contribution is -2.27. The first-order valence-electron chi connectivity index (χ1n) is 7.80. The van der Waals surface area contributed by atoms with Gasteiger partial charge in [0.05, 0.1) is 5.56 Å². The number of amides is 1. The smallest absolute Gasteiger partial charge is 0.412 e. The Morgan fingerprint density at radius 2 is 1.62 bits per heavy atom. The van der Waals surface area contributed by atoms with Crippen molar-refractivity contribution in [2.45, 2.75) is 47.1 Å². The van der Waals surface area contributed by atoms with Gasteiger partial charge in [0, 0.05) is 10.4 Å². The number of aryl methyl sites for hydroxylation is 2. The molecule has 0 aliphatic rings. The predicted molar refractivity (Wildman–Crippen MR) is 98.3 cm³/mol. The summed E-state index contributed by atoms with van der Waals surface area (Å²) in [5, 5.41) is 3.26. The van der Waals surface area contributed by atoms with E-state index in [1.165, 1.54) is 11.3 Å². The Morgan fingerprint density at radius 1 is 1.04 bits per heavy atom. The number of ketones is 1. The molecule has 1 amide bonds. The average Bonchev–Trinajstić information content (AvgIpc) is 2.71. The number of ether oxygens (including phenoxy) is 1. The lowest BCUT2D eigenvalue weighted by molar-refractivity contribution is 0.0636. The van der Waals surface area contributed by atoms with Crippen LogP contribution < -0.4 is 5.32 Å². The highest BCUT2D eigenvalue weighted by molar-refractivity contribution is 7.16. The predicted octanol–water partition coefficient (Wildman–Crippen LogP) is 5.25. The Hall–Kier alpha value is -2.14. The van der Waals surface area contributed by atoms with E-state index in [4.69, 9.17) is 4.74 Å². The number of carbonyl (C=O) groups excluding carboxylic acids is 2. The van der Waals surface area contributed by atoms with E-state index in [2.05, 4.69) is 5.32 Å². The molecule has 24 heavy (non-hydrogen) atoms. The molecule has 1 N–H and O–H groups in total. The zero-order chi connectivity index (χ0) is 18.1.